The Hall–Kier alpha value is -2.64. The van der Waals surface area contributed by atoms with E-state index in [9.17, 15) is 19.5 Å². The number of aliphatic hydroxyl groups excluding tert-OH is 1. The molecule has 0 aliphatic carbocycles. The van der Waals surface area contributed by atoms with Crippen molar-refractivity contribution in [2.45, 2.75) is 11.7 Å². The maximum absolute atomic E-state index is 12.7. The van der Waals surface area contributed by atoms with Gasteiger partial charge in [0.1, 0.15) is 5.25 Å². The molecule has 0 spiro atoms. The Kier molecular flexibility index (Phi) is 5.70. The normalized spacial score (nSPS) is 16.8. The second kappa shape index (κ2) is 8.16. The molecule has 0 radical (unpaired) electrons. The minimum absolute atomic E-state index is 0.104. The first-order valence-electron chi connectivity index (χ1n) is 8.17. The fraction of sp³-hybridized carbons (Fsp3) is 0.211. The van der Waals surface area contributed by atoms with Crippen LogP contribution in [0.2, 0.25) is 0 Å². The van der Waals surface area contributed by atoms with Gasteiger partial charge in [-0.2, -0.15) is 0 Å². The van der Waals surface area contributed by atoms with Crippen molar-refractivity contribution in [2.75, 3.05) is 23.0 Å². The van der Waals surface area contributed by atoms with Gasteiger partial charge in [0.05, 0.1) is 12.3 Å². The van der Waals surface area contributed by atoms with Crippen LogP contribution in [0.4, 0.5) is 16.2 Å². The van der Waals surface area contributed by atoms with E-state index in [1.54, 1.807) is 54.6 Å². The number of para-hydroxylation sites is 2. The molecule has 3 rings (SSSR count). The number of imide groups is 1. The van der Waals surface area contributed by atoms with E-state index in [0.717, 1.165) is 16.7 Å². The van der Waals surface area contributed by atoms with E-state index in [2.05, 4.69) is 0 Å². The molecular formula is C19H18N2O4S. The third-order valence-electron chi connectivity index (χ3n) is 3.99. The number of carbonyl (C=O) groups excluding carboxylic acids is 3. The third kappa shape index (κ3) is 3.79. The Labute approximate surface area is 155 Å². The number of nitrogens with zero attached hydrogens (tertiary/aromatic N) is 2. The van der Waals surface area contributed by atoms with Gasteiger partial charge in [0, 0.05) is 18.7 Å². The summed E-state index contributed by atoms with van der Waals surface area (Å²) in [4.78, 5) is 40.1. The summed E-state index contributed by atoms with van der Waals surface area (Å²) >= 11 is 0.863. The molecule has 2 aromatic carbocycles. The molecule has 1 aliphatic heterocycles. The highest BCUT2D eigenvalue weighted by Gasteiger charge is 2.42. The van der Waals surface area contributed by atoms with Crippen LogP contribution < -0.4 is 9.80 Å². The van der Waals surface area contributed by atoms with Crippen LogP contribution in [0.15, 0.2) is 60.7 Å². The number of aliphatic hydroxyl groups is 1. The smallest absolute Gasteiger partial charge is 0.293 e. The number of hydrogen-bond donors (Lipinski definition) is 1. The Morgan fingerprint density at radius 2 is 1.65 bits per heavy atom. The molecule has 26 heavy (non-hydrogen) atoms. The molecule has 2 aromatic rings. The number of amides is 3. The van der Waals surface area contributed by atoms with Crippen LogP contribution in [0.25, 0.3) is 0 Å². The highest BCUT2D eigenvalue weighted by molar-refractivity contribution is 8.15. The van der Waals surface area contributed by atoms with Gasteiger partial charge in [0.15, 0.2) is 0 Å². The van der Waals surface area contributed by atoms with Crippen LogP contribution in [0, 0.1) is 0 Å². The second-order valence-corrected chi connectivity index (χ2v) is 6.84. The van der Waals surface area contributed by atoms with Gasteiger partial charge in [0.2, 0.25) is 11.8 Å². The zero-order valence-electron chi connectivity index (χ0n) is 13.9. The summed E-state index contributed by atoms with van der Waals surface area (Å²) in [5.41, 5.74) is 1.15. The van der Waals surface area contributed by atoms with Gasteiger partial charge in [-0.3, -0.25) is 14.4 Å². The Bertz CT molecular complexity index is 798. The lowest BCUT2D eigenvalue weighted by Crippen LogP contribution is -2.38. The van der Waals surface area contributed by atoms with Gasteiger partial charge in [-0.1, -0.05) is 36.4 Å². The summed E-state index contributed by atoms with van der Waals surface area (Å²) in [5, 5.41) is 8.12. The fourth-order valence-corrected chi connectivity index (χ4v) is 3.75. The SMILES string of the molecule is O=C(CC1SC(=O)N(c2ccccc2)C1=O)N(CCO)c1ccccc1. The Morgan fingerprint density at radius 3 is 2.27 bits per heavy atom. The molecule has 1 atom stereocenters. The zero-order chi connectivity index (χ0) is 18.5. The molecule has 3 amide bonds. The largest absolute Gasteiger partial charge is 0.395 e. The first kappa shape index (κ1) is 18.2. The van der Waals surface area contributed by atoms with Crippen molar-refractivity contribution in [3.63, 3.8) is 0 Å². The van der Waals surface area contributed by atoms with E-state index >= 15 is 0 Å². The predicted octanol–water partition coefficient (Wildman–Crippen LogP) is 2.67. The lowest BCUT2D eigenvalue weighted by molar-refractivity contribution is -0.122. The van der Waals surface area contributed by atoms with E-state index in [1.807, 2.05) is 6.07 Å². The average molecular weight is 370 g/mol. The van der Waals surface area contributed by atoms with Gasteiger partial charge in [-0.05, 0) is 36.0 Å². The lowest BCUT2D eigenvalue weighted by Gasteiger charge is -2.23. The molecule has 7 heteroatoms. The number of benzene rings is 2. The van der Waals surface area contributed by atoms with E-state index in [-0.39, 0.29) is 30.7 Å². The van der Waals surface area contributed by atoms with Crippen LogP contribution in [0.5, 0.6) is 0 Å². The molecule has 1 saturated heterocycles. The van der Waals surface area contributed by atoms with Crippen LogP contribution in [-0.4, -0.2) is 40.6 Å². The average Bonchev–Trinajstić information content (AvgIpc) is 2.94. The van der Waals surface area contributed by atoms with Crippen LogP contribution >= 0.6 is 11.8 Å². The minimum atomic E-state index is -0.764. The van der Waals surface area contributed by atoms with Crippen LogP contribution in [-0.2, 0) is 9.59 Å². The number of carbonyl (C=O) groups is 3. The maximum atomic E-state index is 12.7. The standard InChI is InChI=1S/C19H18N2O4S/c22-12-11-20(14-7-3-1-4-8-14)17(23)13-16-18(24)21(19(25)26-16)15-9-5-2-6-10-15/h1-10,16,22H,11-13H2. The maximum Gasteiger partial charge on any atom is 0.293 e. The molecule has 1 unspecified atom stereocenters. The number of rotatable bonds is 6. The monoisotopic (exact) mass is 370 g/mol. The fourth-order valence-electron chi connectivity index (χ4n) is 2.77. The summed E-state index contributed by atoms with van der Waals surface area (Å²) in [6.07, 6.45) is -0.104. The summed E-state index contributed by atoms with van der Waals surface area (Å²) in [5.74, 6) is -0.699. The van der Waals surface area contributed by atoms with Crippen molar-refractivity contribution in [2.24, 2.45) is 0 Å². The topological polar surface area (TPSA) is 77.9 Å². The van der Waals surface area contributed by atoms with Crippen LogP contribution in [0.3, 0.4) is 0 Å². The lowest BCUT2D eigenvalue weighted by atomic mass is 10.2. The predicted molar refractivity (Wildman–Crippen MR) is 101 cm³/mol. The first-order valence-corrected chi connectivity index (χ1v) is 9.05. The molecule has 1 heterocycles. The van der Waals surface area contributed by atoms with Crippen molar-refractivity contribution in [3.05, 3.63) is 60.7 Å². The molecule has 1 N–H and O–H groups in total. The highest BCUT2D eigenvalue weighted by atomic mass is 32.2. The summed E-state index contributed by atoms with van der Waals surface area (Å²) in [6.45, 7) is -0.0633. The number of hydrogen-bond acceptors (Lipinski definition) is 5. The van der Waals surface area contributed by atoms with E-state index in [1.165, 1.54) is 4.90 Å². The van der Waals surface area contributed by atoms with Crippen molar-refractivity contribution in [1.29, 1.82) is 0 Å². The highest BCUT2D eigenvalue weighted by Crippen LogP contribution is 2.33. The van der Waals surface area contributed by atoms with Crippen molar-refractivity contribution < 1.29 is 19.5 Å². The van der Waals surface area contributed by atoms with Gasteiger partial charge in [-0.15, -0.1) is 0 Å². The van der Waals surface area contributed by atoms with Crippen molar-refractivity contribution in [3.8, 4) is 0 Å². The van der Waals surface area contributed by atoms with Crippen LogP contribution in [0.1, 0.15) is 6.42 Å². The quantitative estimate of drug-likeness (QED) is 0.846. The van der Waals surface area contributed by atoms with Gasteiger partial charge in [-0.25, -0.2) is 4.90 Å². The van der Waals surface area contributed by atoms with Gasteiger partial charge in [0.25, 0.3) is 5.24 Å². The van der Waals surface area contributed by atoms with Gasteiger partial charge < -0.3 is 10.0 Å². The molecule has 0 aromatic heterocycles. The molecular weight excluding hydrogens is 352 g/mol. The summed E-state index contributed by atoms with van der Waals surface area (Å²) in [7, 11) is 0. The summed E-state index contributed by atoms with van der Waals surface area (Å²) in [6, 6.07) is 17.6. The number of anilines is 2. The Balaban J connectivity index is 1.75. The molecule has 134 valence electrons. The molecule has 0 saturated carbocycles. The minimum Gasteiger partial charge on any atom is -0.395 e. The first-order chi connectivity index (χ1) is 12.6. The molecule has 6 nitrogen and oxygen atoms in total. The Morgan fingerprint density at radius 1 is 1.04 bits per heavy atom. The van der Waals surface area contributed by atoms with Gasteiger partial charge >= 0.3 is 0 Å². The third-order valence-corrected chi connectivity index (χ3v) is 5.03. The van der Waals surface area contributed by atoms with Crippen molar-refractivity contribution >= 4 is 40.2 Å². The van der Waals surface area contributed by atoms with E-state index in [0.29, 0.717) is 11.4 Å². The number of thioether (sulfide) groups is 1. The molecule has 1 fully saturated rings. The summed E-state index contributed by atoms with van der Waals surface area (Å²) < 4.78 is 0. The zero-order valence-corrected chi connectivity index (χ0v) is 14.8. The van der Waals surface area contributed by atoms with E-state index < -0.39 is 11.2 Å². The van der Waals surface area contributed by atoms with E-state index in [4.69, 9.17) is 0 Å². The second-order valence-electron chi connectivity index (χ2n) is 5.69. The van der Waals surface area contributed by atoms with Crippen molar-refractivity contribution in [1.82, 2.24) is 0 Å². The molecule has 1 aliphatic rings. The molecule has 0 bridgehead atoms.